The highest BCUT2D eigenvalue weighted by Crippen LogP contribution is 2.09. The van der Waals surface area contributed by atoms with Crippen LogP contribution in [0.3, 0.4) is 0 Å². The van der Waals surface area contributed by atoms with E-state index >= 15 is 0 Å². The van der Waals surface area contributed by atoms with Crippen molar-refractivity contribution in [2.45, 2.75) is 51.8 Å². The van der Waals surface area contributed by atoms with Crippen molar-refractivity contribution in [1.29, 1.82) is 0 Å². The van der Waals surface area contributed by atoms with Crippen molar-refractivity contribution < 1.29 is 29.3 Å². The first-order valence-electron chi connectivity index (χ1n) is 5.46. The summed E-state index contributed by atoms with van der Waals surface area (Å²) in [6.07, 6.45) is -0.609. The predicted octanol–water partition coefficient (Wildman–Crippen LogP) is 0.234. The number of hydrogen-bond donors (Lipinski definition) is 3. The van der Waals surface area contributed by atoms with Crippen molar-refractivity contribution in [3.05, 3.63) is 0 Å². The molecule has 0 aromatic rings. The zero-order chi connectivity index (χ0) is 14.5. The molecule has 1 unspecified atom stereocenters. The van der Waals surface area contributed by atoms with Gasteiger partial charge in [0.15, 0.2) is 0 Å². The van der Waals surface area contributed by atoms with Crippen LogP contribution in [0.25, 0.3) is 0 Å². The fourth-order valence-electron chi connectivity index (χ4n) is 1.15. The molecule has 0 aromatic carbocycles. The molecule has 0 radical (unpaired) electrons. The number of rotatable bonds is 6. The molecule has 0 aliphatic rings. The Bertz CT molecular complexity index is 333. The number of ether oxygens (including phenoxy) is 1. The average molecular weight is 261 g/mol. The van der Waals surface area contributed by atoms with Crippen LogP contribution in [-0.2, 0) is 19.1 Å². The molecule has 0 rings (SSSR count). The van der Waals surface area contributed by atoms with E-state index in [4.69, 9.17) is 14.9 Å². The lowest BCUT2D eigenvalue weighted by molar-refractivity contribution is -0.158. The van der Waals surface area contributed by atoms with Gasteiger partial charge in [-0.1, -0.05) is 0 Å². The second kappa shape index (κ2) is 6.34. The van der Waals surface area contributed by atoms with E-state index in [-0.39, 0.29) is 0 Å². The van der Waals surface area contributed by atoms with Gasteiger partial charge in [0.2, 0.25) is 0 Å². The van der Waals surface area contributed by atoms with Crippen LogP contribution in [0.4, 0.5) is 0 Å². The van der Waals surface area contributed by atoms with Gasteiger partial charge in [-0.15, -0.1) is 0 Å². The molecule has 0 saturated heterocycles. The predicted molar refractivity (Wildman–Crippen MR) is 62.1 cm³/mol. The maximum absolute atomic E-state index is 11.6. The van der Waals surface area contributed by atoms with Crippen molar-refractivity contribution in [3.8, 4) is 0 Å². The van der Waals surface area contributed by atoms with Crippen LogP contribution in [0, 0.1) is 0 Å². The molecule has 0 aromatic heterocycles. The lowest BCUT2D eigenvalue weighted by atomic mass is 10.1. The Labute approximate surface area is 105 Å². The van der Waals surface area contributed by atoms with Crippen LogP contribution in [0.1, 0.15) is 34.1 Å². The van der Waals surface area contributed by atoms with Gasteiger partial charge in [-0.3, -0.25) is 19.7 Å². The third-order valence-electron chi connectivity index (χ3n) is 1.89. The molecule has 104 valence electrons. The molecule has 2 atom stereocenters. The van der Waals surface area contributed by atoms with Crippen LogP contribution in [0.2, 0.25) is 0 Å². The van der Waals surface area contributed by atoms with Crippen molar-refractivity contribution in [1.82, 2.24) is 5.32 Å². The van der Waals surface area contributed by atoms with Gasteiger partial charge in [0.25, 0.3) is 0 Å². The zero-order valence-corrected chi connectivity index (χ0v) is 10.9. The fourth-order valence-corrected chi connectivity index (χ4v) is 1.15. The van der Waals surface area contributed by atoms with E-state index in [1.807, 2.05) is 0 Å². The molecule has 7 heteroatoms. The van der Waals surface area contributed by atoms with E-state index in [0.29, 0.717) is 0 Å². The normalized spacial score (nSPS) is 14.7. The van der Waals surface area contributed by atoms with E-state index < -0.39 is 42.0 Å². The molecule has 0 amide bonds. The molecular formula is C11H19NO6. The standard InChI is InChI=1S/C11H19NO6/c1-6(10(17)18-11(2,3)4)12-7(9(15)16)5-8(13)14/h6-7,12H,5H2,1-4H3,(H,13,14)(H,15,16)/t6?,7-/m0/s1. The molecule has 18 heavy (non-hydrogen) atoms. The van der Waals surface area contributed by atoms with Crippen molar-refractivity contribution in [2.75, 3.05) is 0 Å². The Balaban J connectivity index is 4.50. The van der Waals surface area contributed by atoms with E-state index in [1.165, 1.54) is 6.92 Å². The second-order valence-corrected chi connectivity index (χ2v) is 4.91. The first-order chi connectivity index (χ1) is 8.03. The number of carbonyl (C=O) groups is 3. The highest BCUT2D eigenvalue weighted by atomic mass is 16.6. The third-order valence-corrected chi connectivity index (χ3v) is 1.89. The minimum Gasteiger partial charge on any atom is -0.481 e. The number of esters is 1. The van der Waals surface area contributed by atoms with E-state index in [1.54, 1.807) is 20.8 Å². The van der Waals surface area contributed by atoms with Gasteiger partial charge < -0.3 is 14.9 Å². The highest BCUT2D eigenvalue weighted by Gasteiger charge is 2.28. The topological polar surface area (TPSA) is 113 Å². The molecule has 0 spiro atoms. The summed E-state index contributed by atoms with van der Waals surface area (Å²) in [6, 6.07) is -2.23. The zero-order valence-electron chi connectivity index (χ0n) is 10.9. The minimum absolute atomic E-state index is 0.609. The van der Waals surface area contributed by atoms with Gasteiger partial charge in [-0.05, 0) is 27.7 Å². The Morgan fingerprint density at radius 2 is 1.72 bits per heavy atom. The molecule has 7 nitrogen and oxygen atoms in total. The first kappa shape index (κ1) is 16.4. The van der Waals surface area contributed by atoms with Gasteiger partial charge in [-0.25, -0.2) is 0 Å². The van der Waals surface area contributed by atoms with Gasteiger partial charge >= 0.3 is 17.9 Å². The van der Waals surface area contributed by atoms with Crippen LogP contribution >= 0.6 is 0 Å². The van der Waals surface area contributed by atoms with Gasteiger partial charge in [0, 0.05) is 0 Å². The maximum atomic E-state index is 11.6. The quantitative estimate of drug-likeness (QED) is 0.587. The summed E-state index contributed by atoms with van der Waals surface area (Å²) in [5.41, 5.74) is -0.682. The van der Waals surface area contributed by atoms with Crippen LogP contribution in [0.15, 0.2) is 0 Å². The minimum atomic E-state index is -1.33. The van der Waals surface area contributed by atoms with Crippen molar-refractivity contribution in [2.24, 2.45) is 0 Å². The van der Waals surface area contributed by atoms with E-state index in [0.717, 1.165) is 0 Å². The fraction of sp³-hybridized carbons (Fsp3) is 0.727. The van der Waals surface area contributed by atoms with E-state index in [2.05, 4.69) is 5.32 Å². The number of nitrogens with one attached hydrogen (secondary N) is 1. The Kier molecular flexibility index (Phi) is 5.77. The molecule has 0 bridgehead atoms. The molecular weight excluding hydrogens is 242 g/mol. The lowest BCUT2D eigenvalue weighted by Crippen LogP contribution is -2.48. The molecule has 0 heterocycles. The van der Waals surface area contributed by atoms with E-state index in [9.17, 15) is 14.4 Å². The smallest absolute Gasteiger partial charge is 0.323 e. The Morgan fingerprint density at radius 3 is 2.06 bits per heavy atom. The maximum Gasteiger partial charge on any atom is 0.323 e. The highest BCUT2D eigenvalue weighted by molar-refractivity contribution is 5.82. The van der Waals surface area contributed by atoms with Crippen LogP contribution in [0.5, 0.6) is 0 Å². The second-order valence-electron chi connectivity index (χ2n) is 4.91. The summed E-state index contributed by atoms with van der Waals surface area (Å²) in [4.78, 5) is 32.9. The number of aliphatic carboxylic acids is 2. The summed E-state index contributed by atoms with van der Waals surface area (Å²) in [6.45, 7) is 6.47. The number of hydrogen-bond acceptors (Lipinski definition) is 5. The molecule has 3 N–H and O–H groups in total. The third kappa shape index (κ3) is 6.85. The lowest BCUT2D eigenvalue weighted by Gasteiger charge is -2.24. The summed E-state index contributed by atoms with van der Waals surface area (Å²) in [5, 5.41) is 19.8. The monoisotopic (exact) mass is 261 g/mol. The van der Waals surface area contributed by atoms with Gasteiger partial charge in [-0.2, -0.15) is 0 Å². The van der Waals surface area contributed by atoms with Crippen molar-refractivity contribution >= 4 is 17.9 Å². The summed E-state index contributed by atoms with van der Waals surface area (Å²) in [5.74, 6) is -3.21. The molecule has 0 aliphatic carbocycles. The van der Waals surface area contributed by atoms with Gasteiger partial charge in [0.05, 0.1) is 6.42 Å². The van der Waals surface area contributed by atoms with Crippen LogP contribution in [-0.4, -0.2) is 45.8 Å². The van der Waals surface area contributed by atoms with Gasteiger partial charge in [0.1, 0.15) is 17.7 Å². The molecule has 0 aliphatic heterocycles. The summed E-state index contributed by atoms with van der Waals surface area (Å²) in [7, 11) is 0. The largest absolute Gasteiger partial charge is 0.481 e. The summed E-state index contributed by atoms with van der Waals surface area (Å²) >= 11 is 0. The van der Waals surface area contributed by atoms with Crippen molar-refractivity contribution in [3.63, 3.8) is 0 Å². The van der Waals surface area contributed by atoms with Crippen LogP contribution < -0.4 is 5.32 Å². The number of carboxylic acids is 2. The first-order valence-corrected chi connectivity index (χ1v) is 5.46. The SMILES string of the molecule is CC(N[C@@H](CC(=O)O)C(=O)O)C(=O)OC(C)(C)C. The molecule has 0 saturated carbocycles. The molecule has 0 fully saturated rings. The average Bonchev–Trinajstić information content (AvgIpc) is 2.12. The Morgan fingerprint density at radius 1 is 1.22 bits per heavy atom. The Hall–Kier alpha value is -1.63. The number of carbonyl (C=O) groups excluding carboxylic acids is 1. The summed E-state index contributed by atoms with van der Waals surface area (Å²) < 4.78 is 5.04. The number of carboxylic acid groups (broad SMARTS) is 2.